The zero-order chi connectivity index (χ0) is 47.4. The normalized spacial score (nSPS) is 10.8. The summed E-state index contributed by atoms with van der Waals surface area (Å²) in [5, 5.41) is 68.8. The van der Waals surface area contributed by atoms with E-state index in [-0.39, 0.29) is 97.7 Å². The van der Waals surface area contributed by atoms with Gasteiger partial charge in [0.2, 0.25) is 17.5 Å². The van der Waals surface area contributed by atoms with E-state index in [1.165, 1.54) is 51.5 Å². The standard InChI is InChI=1S/C23H23N3O8.C22H23N3O6.Cr/c1-5-34-23(30)18-15(21(27)26(25-18)13-9-7-6-8-10-13)12-24-17-14(22(28)29)11-16(31-2)19(32-3)20(17)33-4;1-3-18-16(21(28)25(24-18)14-7-5-4-6-8-14)10-23-19-15(22(29)30)9-13(11-26)17(12-27)20(19)31-2;/h6-12,27H,5H2,1-4H3,(H,28,29);4-10,26-28H,3,11-12H2,1-2H3,(H,29,30);. The number of carbonyl (C=O) groups is 3. The number of rotatable bonds is 17. The molecule has 0 saturated carbocycles. The maximum absolute atomic E-state index is 12.5. The zero-order valence-electron chi connectivity index (χ0n) is 36.5. The molecule has 0 saturated heterocycles. The molecule has 6 N–H and O–H groups in total. The summed E-state index contributed by atoms with van der Waals surface area (Å²) in [6.07, 6.45) is 2.94. The molecule has 0 aliphatic heterocycles. The number of para-hydroxylation sites is 2. The third-order valence-electron chi connectivity index (χ3n) is 9.57. The summed E-state index contributed by atoms with van der Waals surface area (Å²) in [6, 6.07) is 20.2. The second-order valence-electron chi connectivity index (χ2n) is 13.3. The minimum absolute atomic E-state index is 0. The fraction of sp³-hybridized carbons (Fsp3) is 0.222. The van der Waals surface area contributed by atoms with Crippen molar-refractivity contribution in [3.8, 4) is 46.1 Å². The summed E-state index contributed by atoms with van der Waals surface area (Å²) in [5.41, 5.74) is 1.62. The average molecular weight is 947 g/mol. The maximum atomic E-state index is 12.5. The fourth-order valence-corrected chi connectivity index (χ4v) is 6.50. The second-order valence-corrected chi connectivity index (χ2v) is 13.3. The molecular formula is C45H46CrN6O14. The molecule has 0 aliphatic carbocycles. The molecule has 0 radical (unpaired) electrons. The minimum atomic E-state index is -1.30. The number of carboxylic acid groups (broad SMARTS) is 2. The predicted octanol–water partition coefficient (Wildman–Crippen LogP) is 5.81. The van der Waals surface area contributed by atoms with Gasteiger partial charge in [0.05, 0.1) is 87.6 Å². The van der Waals surface area contributed by atoms with Gasteiger partial charge in [-0.1, -0.05) is 43.3 Å². The molecule has 0 amide bonds. The van der Waals surface area contributed by atoms with E-state index in [2.05, 4.69) is 20.2 Å². The first kappa shape index (κ1) is 50.9. The van der Waals surface area contributed by atoms with Crippen LogP contribution in [0.3, 0.4) is 0 Å². The third kappa shape index (κ3) is 10.6. The molecule has 346 valence electrons. The van der Waals surface area contributed by atoms with E-state index in [9.17, 15) is 45.0 Å². The second kappa shape index (κ2) is 23.3. The van der Waals surface area contributed by atoms with Gasteiger partial charge in [-0.05, 0) is 49.2 Å². The van der Waals surface area contributed by atoms with Crippen molar-refractivity contribution in [2.24, 2.45) is 9.98 Å². The van der Waals surface area contributed by atoms with Crippen molar-refractivity contribution in [1.29, 1.82) is 0 Å². The third-order valence-corrected chi connectivity index (χ3v) is 9.57. The SMILES string of the molecule is CCOC(=O)c1nn(-c2ccccc2)c(O)c1C=Nc1c(C(=O)O)cc(OC)c(OC)c1OC.CCc1nn(-c2ccccc2)c(O)c1C=Nc1c(C(=O)O)cc(CO)c(CO)c1OC.[Cr]. The van der Waals surface area contributed by atoms with Gasteiger partial charge in [-0.3, -0.25) is 9.98 Å². The first-order valence-corrected chi connectivity index (χ1v) is 19.6. The van der Waals surface area contributed by atoms with Crippen molar-refractivity contribution >= 4 is 41.7 Å². The molecular weight excluding hydrogens is 901 g/mol. The van der Waals surface area contributed by atoms with Crippen LogP contribution in [0.2, 0.25) is 0 Å². The number of nitrogens with zero attached hydrogens (tertiary/aromatic N) is 6. The number of methoxy groups -OCH3 is 4. The monoisotopic (exact) mass is 946 g/mol. The van der Waals surface area contributed by atoms with Crippen molar-refractivity contribution in [1.82, 2.24) is 19.6 Å². The number of esters is 1. The fourth-order valence-electron chi connectivity index (χ4n) is 6.50. The van der Waals surface area contributed by atoms with Gasteiger partial charge in [-0.2, -0.15) is 14.9 Å². The number of carbonyl (C=O) groups excluding carboxylic acids is 1. The number of carboxylic acids is 2. The van der Waals surface area contributed by atoms with Crippen LogP contribution >= 0.6 is 0 Å². The topological polar surface area (TPSA) is 279 Å². The Kier molecular flexibility index (Phi) is 18.0. The molecule has 2 heterocycles. The van der Waals surface area contributed by atoms with Gasteiger partial charge in [0.15, 0.2) is 22.9 Å². The van der Waals surface area contributed by atoms with Crippen molar-refractivity contribution in [2.45, 2.75) is 33.5 Å². The van der Waals surface area contributed by atoms with Crippen LogP contribution in [-0.4, -0.2) is 116 Å². The summed E-state index contributed by atoms with van der Waals surface area (Å²) in [4.78, 5) is 44.8. The number of ether oxygens (including phenoxy) is 5. The number of aromatic nitrogens is 4. The van der Waals surface area contributed by atoms with E-state index in [0.717, 1.165) is 10.9 Å². The Labute approximate surface area is 388 Å². The van der Waals surface area contributed by atoms with Crippen LogP contribution in [0.1, 0.15) is 73.0 Å². The van der Waals surface area contributed by atoms with E-state index in [4.69, 9.17) is 23.7 Å². The Morgan fingerprint density at radius 3 is 1.64 bits per heavy atom. The Morgan fingerprint density at radius 2 is 1.17 bits per heavy atom. The van der Waals surface area contributed by atoms with Crippen molar-refractivity contribution in [3.05, 3.63) is 118 Å². The van der Waals surface area contributed by atoms with Crippen LogP contribution in [0.25, 0.3) is 11.4 Å². The number of aliphatic hydroxyl groups is 2. The number of aliphatic hydroxyl groups excluding tert-OH is 2. The Morgan fingerprint density at radius 1 is 0.667 bits per heavy atom. The number of benzene rings is 4. The van der Waals surface area contributed by atoms with Crippen LogP contribution in [0.4, 0.5) is 11.4 Å². The smallest absolute Gasteiger partial charge is 0.359 e. The van der Waals surface area contributed by atoms with Crippen molar-refractivity contribution in [2.75, 3.05) is 35.0 Å². The van der Waals surface area contributed by atoms with E-state index in [0.29, 0.717) is 29.1 Å². The van der Waals surface area contributed by atoms with Gasteiger partial charge >= 0.3 is 17.9 Å². The Hall–Kier alpha value is -7.70. The summed E-state index contributed by atoms with van der Waals surface area (Å²) in [5.74, 6) is -3.62. The molecule has 66 heavy (non-hydrogen) atoms. The molecule has 0 unspecified atom stereocenters. The molecule has 6 rings (SSSR count). The van der Waals surface area contributed by atoms with Crippen molar-refractivity contribution in [3.63, 3.8) is 0 Å². The van der Waals surface area contributed by atoms with E-state index >= 15 is 0 Å². The summed E-state index contributed by atoms with van der Waals surface area (Å²) < 4.78 is 28.8. The van der Waals surface area contributed by atoms with Gasteiger partial charge in [0.25, 0.3) is 0 Å². The molecule has 0 atom stereocenters. The number of aromatic hydroxyl groups is 2. The van der Waals surface area contributed by atoms with Crippen LogP contribution < -0.4 is 18.9 Å². The van der Waals surface area contributed by atoms with E-state index < -0.39 is 37.0 Å². The average Bonchev–Trinajstić information content (AvgIpc) is 3.83. The van der Waals surface area contributed by atoms with E-state index in [1.807, 2.05) is 25.1 Å². The quantitative estimate of drug-likeness (QED) is 0.0465. The van der Waals surface area contributed by atoms with Crippen LogP contribution in [0, 0.1) is 0 Å². The summed E-state index contributed by atoms with van der Waals surface area (Å²) in [6.45, 7) is 2.64. The van der Waals surface area contributed by atoms with Gasteiger partial charge in [-0.25, -0.2) is 19.1 Å². The number of hydrogen-bond acceptors (Lipinski definition) is 16. The Bertz CT molecular complexity index is 2740. The molecule has 20 nitrogen and oxygen atoms in total. The Balaban J connectivity index is 0.000000285. The van der Waals surface area contributed by atoms with Gasteiger partial charge in [-0.15, -0.1) is 0 Å². The van der Waals surface area contributed by atoms with Crippen molar-refractivity contribution < 1.29 is 86.1 Å². The number of hydrogen-bond donors (Lipinski definition) is 6. The molecule has 21 heteroatoms. The molecule has 4 aromatic carbocycles. The van der Waals surface area contributed by atoms with Gasteiger partial charge < -0.3 is 54.3 Å². The first-order chi connectivity index (χ1) is 31.3. The first-order valence-electron chi connectivity index (χ1n) is 19.6. The molecule has 6 aromatic rings. The van der Waals surface area contributed by atoms with Crippen LogP contribution in [0.5, 0.6) is 34.8 Å². The summed E-state index contributed by atoms with van der Waals surface area (Å²) >= 11 is 0. The van der Waals surface area contributed by atoms with E-state index in [1.54, 1.807) is 49.4 Å². The van der Waals surface area contributed by atoms with Gasteiger partial charge in [0, 0.05) is 41.4 Å². The summed E-state index contributed by atoms with van der Waals surface area (Å²) in [7, 11) is 5.36. The predicted molar refractivity (Wildman–Crippen MR) is 235 cm³/mol. The molecule has 2 aromatic heterocycles. The number of aryl methyl sites for hydroxylation is 1. The zero-order valence-corrected chi connectivity index (χ0v) is 37.7. The largest absolute Gasteiger partial charge is 0.494 e. The molecule has 0 spiro atoms. The number of aliphatic imine (C=N–C) groups is 2. The van der Waals surface area contributed by atoms with Gasteiger partial charge in [0.1, 0.15) is 11.4 Å². The molecule has 0 aliphatic rings. The molecule has 0 fully saturated rings. The number of aromatic carboxylic acids is 2. The molecule has 0 bridgehead atoms. The van der Waals surface area contributed by atoms with Crippen LogP contribution in [-0.2, 0) is 41.7 Å². The maximum Gasteiger partial charge on any atom is 0.359 e. The minimum Gasteiger partial charge on any atom is -0.494 e. The van der Waals surface area contributed by atoms with Crippen LogP contribution in [0.15, 0.2) is 82.8 Å².